The van der Waals surface area contributed by atoms with Crippen molar-refractivity contribution in [2.24, 2.45) is 0 Å². The fourth-order valence-corrected chi connectivity index (χ4v) is 0.995. The molecule has 0 atom stereocenters. The van der Waals surface area contributed by atoms with Crippen LogP contribution in [0.1, 0.15) is 0 Å². The predicted molar refractivity (Wildman–Crippen MR) is 40.7 cm³/mol. The van der Waals surface area contributed by atoms with Crippen LogP contribution in [-0.4, -0.2) is 5.52 Å². The minimum absolute atomic E-state index is 0.384. The van der Waals surface area contributed by atoms with E-state index in [1.807, 2.05) is 0 Å². The van der Waals surface area contributed by atoms with Gasteiger partial charge in [0.1, 0.15) is 5.52 Å². The van der Waals surface area contributed by atoms with E-state index in [0.29, 0.717) is 0 Å². The highest BCUT2D eigenvalue weighted by Gasteiger charge is 2.26. The third-order valence-electron chi connectivity index (χ3n) is 1.37. The number of alkyl halides is 1. The van der Waals surface area contributed by atoms with Crippen molar-refractivity contribution in [2.45, 2.75) is 0 Å². The molecule has 0 amide bonds. The Morgan fingerprint density at radius 2 is 1.14 bits per heavy atom. The Labute approximate surface area is 83.6 Å². The molecule has 14 heavy (non-hydrogen) atoms. The highest BCUT2D eigenvalue weighted by Crippen LogP contribution is 2.29. The molecule has 0 heterocycles. The lowest BCUT2D eigenvalue weighted by molar-refractivity contribution is 0.303. The minimum Gasteiger partial charge on any atom is -0.476 e. The molecule has 0 unspecified atom stereocenters. The van der Waals surface area contributed by atoms with Crippen molar-refractivity contribution >= 4 is 15.9 Å². The van der Waals surface area contributed by atoms with Gasteiger partial charge in [0.05, 0.1) is 0 Å². The quantitative estimate of drug-likeness (QED) is 0.349. The summed E-state index contributed by atoms with van der Waals surface area (Å²) >= 11 is 2.63. The van der Waals surface area contributed by atoms with Gasteiger partial charge < -0.3 is 4.74 Å². The van der Waals surface area contributed by atoms with Gasteiger partial charge in [-0.15, -0.1) is 0 Å². The van der Waals surface area contributed by atoms with Crippen LogP contribution in [0.4, 0.5) is 22.0 Å². The third-order valence-corrected chi connectivity index (χ3v) is 1.60. The predicted octanol–water partition coefficient (Wildman–Crippen LogP) is 3.11. The highest BCUT2D eigenvalue weighted by atomic mass is 79.9. The number of benzene rings is 1. The van der Waals surface area contributed by atoms with Crippen LogP contribution in [0.25, 0.3) is 0 Å². The Bertz CT molecular complexity index is 339. The minimum atomic E-state index is -2.21. The van der Waals surface area contributed by atoms with E-state index in [2.05, 4.69) is 20.7 Å². The number of halogens is 6. The van der Waals surface area contributed by atoms with Crippen molar-refractivity contribution < 1.29 is 26.7 Å². The Balaban J connectivity index is 3.43. The molecule has 0 N–H and O–H groups in total. The molecular formula is C7H2BrF5O. The molecular weight excluding hydrogens is 275 g/mol. The molecule has 0 fully saturated rings. The Morgan fingerprint density at radius 3 is 1.50 bits per heavy atom. The van der Waals surface area contributed by atoms with Crippen molar-refractivity contribution in [1.29, 1.82) is 0 Å². The molecule has 0 aromatic heterocycles. The fourth-order valence-electron chi connectivity index (χ4n) is 0.766. The fraction of sp³-hybridized carbons (Fsp3) is 0.143. The van der Waals surface area contributed by atoms with E-state index in [-0.39, 0.29) is 5.52 Å². The molecule has 1 rings (SSSR count). The number of rotatable bonds is 2. The van der Waals surface area contributed by atoms with Gasteiger partial charge in [-0.05, 0) is 15.9 Å². The molecule has 0 saturated carbocycles. The summed E-state index contributed by atoms with van der Waals surface area (Å²) in [7, 11) is 0. The maximum Gasteiger partial charge on any atom is 0.207 e. The molecule has 0 aliphatic carbocycles. The zero-order valence-corrected chi connectivity index (χ0v) is 7.97. The van der Waals surface area contributed by atoms with Crippen molar-refractivity contribution in [2.75, 3.05) is 5.52 Å². The summed E-state index contributed by atoms with van der Waals surface area (Å²) in [5.41, 5.74) is -0.384. The molecule has 7 heteroatoms. The standard InChI is InChI=1S/C7H2BrF5O/c8-1-14-7-5(12)3(10)2(9)4(11)6(7)13/h1H2. The number of hydrogen-bond donors (Lipinski definition) is 0. The number of hydrogen-bond acceptors (Lipinski definition) is 1. The van der Waals surface area contributed by atoms with E-state index < -0.39 is 34.8 Å². The summed E-state index contributed by atoms with van der Waals surface area (Å²) < 4.78 is 67.0. The second kappa shape index (κ2) is 4.12. The third kappa shape index (κ3) is 1.68. The average Bonchev–Trinajstić information content (AvgIpc) is 2.19. The topological polar surface area (TPSA) is 9.23 Å². The normalized spacial score (nSPS) is 10.4. The summed E-state index contributed by atoms with van der Waals surface area (Å²) in [6, 6.07) is 0. The molecule has 0 saturated heterocycles. The van der Waals surface area contributed by atoms with Crippen LogP contribution in [0, 0.1) is 29.1 Å². The molecule has 1 aromatic rings. The lowest BCUT2D eigenvalue weighted by Gasteiger charge is -2.07. The van der Waals surface area contributed by atoms with Crippen LogP contribution in [0.2, 0.25) is 0 Å². The monoisotopic (exact) mass is 276 g/mol. The van der Waals surface area contributed by atoms with E-state index >= 15 is 0 Å². The van der Waals surface area contributed by atoms with Crippen LogP contribution >= 0.6 is 15.9 Å². The molecule has 1 nitrogen and oxygen atoms in total. The first-order chi connectivity index (χ1) is 6.50. The molecule has 0 radical (unpaired) electrons. The molecule has 0 aliphatic rings. The van der Waals surface area contributed by atoms with E-state index in [1.54, 1.807) is 0 Å². The smallest absolute Gasteiger partial charge is 0.207 e. The Morgan fingerprint density at radius 1 is 0.786 bits per heavy atom. The maximum absolute atomic E-state index is 12.7. The van der Waals surface area contributed by atoms with Gasteiger partial charge in [-0.25, -0.2) is 13.2 Å². The lowest BCUT2D eigenvalue weighted by atomic mass is 10.3. The molecule has 1 aromatic carbocycles. The highest BCUT2D eigenvalue weighted by molar-refractivity contribution is 9.09. The summed E-state index contributed by atoms with van der Waals surface area (Å²) in [6.07, 6.45) is 0. The molecule has 0 spiro atoms. The van der Waals surface area contributed by atoms with Gasteiger partial charge in [0, 0.05) is 0 Å². The lowest BCUT2D eigenvalue weighted by Crippen LogP contribution is -2.05. The first kappa shape index (κ1) is 11.2. The zero-order chi connectivity index (χ0) is 10.9. The maximum atomic E-state index is 12.7. The molecule has 0 bridgehead atoms. The number of ether oxygens (including phenoxy) is 1. The van der Waals surface area contributed by atoms with Gasteiger partial charge in [0.15, 0.2) is 5.75 Å². The van der Waals surface area contributed by atoms with Crippen LogP contribution in [0.15, 0.2) is 0 Å². The van der Waals surface area contributed by atoms with Crippen LogP contribution in [0.5, 0.6) is 5.75 Å². The summed E-state index contributed by atoms with van der Waals surface area (Å²) in [5, 5.41) is 0. The van der Waals surface area contributed by atoms with Gasteiger partial charge in [-0.3, -0.25) is 0 Å². The first-order valence-electron chi connectivity index (χ1n) is 3.20. The summed E-state index contributed by atoms with van der Waals surface area (Å²) in [5.74, 6) is -11.5. The summed E-state index contributed by atoms with van der Waals surface area (Å²) in [4.78, 5) is 0. The summed E-state index contributed by atoms with van der Waals surface area (Å²) in [6.45, 7) is 0. The largest absolute Gasteiger partial charge is 0.476 e. The first-order valence-corrected chi connectivity index (χ1v) is 4.33. The van der Waals surface area contributed by atoms with Gasteiger partial charge in [-0.2, -0.15) is 8.78 Å². The molecule has 0 aliphatic heterocycles. The second-order valence-electron chi connectivity index (χ2n) is 2.15. The van der Waals surface area contributed by atoms with Crippen LogP contribution < -0.4 is 4.74 Å². The van der Waals surface area contributed by atoms with Gasteiger partial charge >= 0.3 is 0 Å². The van der Waals surface area contributed by atoms with Crippen molar-refractivity contribution in [3.05, 3.63) is 29.1 Å². The SMILES string of the molecule is Fc1c(F)c(F)c(OCBr)c(F)c1F. The second-order valence-corrected chi connectivity index (χ2v) is 2.61. The van der Waals surface area contributed by atoms with Gasteiger partial charge in [-0.1, -0.05) is 0 Å². The Hall–Kier alpha value is -0.850. The van der Waals surface area contributed by atoms with Crippen molar-refractivity contribution in [3.8, 4) is 5.75 Å². The van der Waals surface area contributed by atoms with Crippen molar-refractivity contribution in [1.82, 2.24) is 0 Å². The van der Waals surface area contributed by atoms with Crippen LogP contribution in [0.3, 0.4) is 0 Å². The van der Waals surface area contributed by atoms with Gasteiger partial charge in [0.2, 0.25) is 29.1 Å². The zero-order valence-electron chi connectivity index (χ0n) is 6.38. The molecule has 78 valence electrons. The van der Waals surface area contributed by atoms with E-state index in [9.17, 15) is 22.0 Å². The van der Waals surface area contributed by atoms with Crippen molar-refractivity contribution in [3.63, 3.8) is 0 Å². The van der Waals surface area contributed by atoms with E-state index in [1.165, 1.54) is 0 Å². The average molecular weight is 277 g/mol. The van der Waals surface area contributed by atoms with E-state index in [4.69, 9.17) is 0 Å². The van der Waals surface area contributed by atoms with Crippen LogP contribution in [-0.2, 0) is 0 Å². The van der Waals surface area contributed by atoms with E-state index in [0.717, 1.165) is 0 Å². The van der Waals surface area contributed by atoms with Gasteiger partial charge in [0.25, 0.3) is 0 Å². The Kier molecular flexibility index (Phi) is 3.30.